The zero-order valence-electron chi connectivity index (χ0n) is 10.6. The molecule has 0 saturated heterocycles. The molecule has 96 valence electrons. The van der Waals surface area contributed by atoms with Crippen LogP contribution < -0.4 is 16.4 Å². The van der Waals surface area contributed by atoms with Crippen LogP contribution in [-0.4, -0.2) is 18.9 Å². The van der Waals surface area contributed by atoms with Crippen molar-refractivity contribution in [1.29, 1.82) is 0 Å². The predicted octanol–water partition coefficient (Wildman–Crippen LogP) is 2.36. The van der Waals surface area contributed by atoms with E-state index in [0.29, 0.717) is 0 Å². The van der Waals surface area contributed by atoms with Crippen molar-refractivity contribution in [2.75, 3.05) is 24.1 Å². The maximum absolute atomic E-state index is 5.77. The summed E-state index contributed by atoms with van der Waals surface area (Å²) in [5, 5.41) is 6.62. The molecule has 19 heavy (non-hydrogen) atoms. The smallest absolute Gasteiger partial charge is 0.128 e. The molecule has 0 fully saturated rings. The number of benzene rings is 2. The number of nitrogen functional groups attached to an aromatic ring is 1. The van der Waals surface area contributed by atoms with Crippen LogP contribution in [-0.2, 0) is 0 Å². The molecule has 3 rings (SSSR count). The average molecular weight is 252 g/mol. The molecule has 2 aromatic rings. The second-order valence-electron chi connectivity index (χ2n) is 4.49. The number of nitrogens with two attached hydrogens (primary N) is 1. The van der Waals surface area contributed by atoms with Gasteiger partial charge >= 0.3 is 0 Å². The van der Waals surface area contributed by atoms with Crippen LogP contribution in [0.3, 0.4) is 0 Å². The number of rotatable bonds is 3. The number of amidine groups is 1. The molecule has 0 unspecified atom stereocenters. The van der Waals surface area contributed by atoms with Crippen molar-refractivity contribution in [3.63, 3.8) is 0 Å². The minimum absolute atomic E-state index is 0.753. The first kappa shape index (κ1) is 11.6. The third-order valence-corrected chi connectivity index (χ3v) is 2.99. The van der Waals surface area contributed by atoms with Crippen LogP contribution in [0.2, 0.25) is 0 Å². The SMILES string of the molecule is Nc1cccc(Nc2cccc(C3=NCCN3)c2)c1. The van der Waals surface area contributed by atoms with Crippen molar-refractivity contribution in [3.05, 3.63) is 54.1 Å². The van der Waals surface area contributed by atoms with Gasteiger partial charge in [0.1, 0.15) is 5.84 Å². The molecule has 0 saturated carbocycles. The average Bonchev–Trinajstić information content (AvgIpc) is 2.93. The Morgan fingerprint density at radius 2 is 1.84 bits per heavy atom. The fraction of sp³-hybridized carbons (Fsp3) is 0.133. The van der Waals surface area contributed by atoms with E-state index in [1.165, 1.54) is 0 Å². The maximum Gasteiger partial charge on any atom is 0.128 e. The minimum atomic E-state index is 0.753. The van der Waals surface area contributed by atoms with Gasteiger partial charge in [0.15, 0.2) is 0 Å². The lowest BCUT2D eigenvalue weighted by molar-refractivity contribution is 0.960. The number of hydrogen-bond acceptors (Lipinski definition) is 4. The highest BCUT2D eigenvalue weighted by molar-refractivity contribution is 6.00. The van der Waals surface area contributed by atoms with E-state index in [-0.39, 0.29) is 0 Å². The summed E-state index contributed by atoms with van der Waals surface area (Å²) in [6.07, 6.45) is 0. The van der Waals surface area contributed by atoms with Gasteiger partial charge in [-0.3, -0.25) is 4.99 Å². The topological polar surface area (TPSA) is 62.4 Å². The summed E-state index contributed by atoms with van der Waals surface area (Å²) in [5.74, 6) is 0.969. The summed E-state index contributed by atoms with van der Waals surface area (Å²) < 4.78 is 0. The third-order valence-electron chi connectivity index (χ3n) is 2.99. The molecule has 4 nitrogen and oxygen atoms in total. The fourth-order valence-electron chi connectivity index (χ4n) is 2.12. The van der Waals surface area contributed by atoms with E-state index in [0.717, 1.165) is 41.6 Å². The van der Waals surface area contributed by atoms with E-state index < -0.39 is 0 Å². The highest BCUT2D eigenvalue weighted by Gasteiger charge is 2.08. The molecule has 1 aliphatic heterocycles. The molecule has 4 N–H and O–H groups in total. The van der Waals surface area contributed by atoms with Crippen LogP contribution in [0.15, 0.2) is 53.5 Å². The van der Waals surface area contributed by atoms with Crippen LogP contribution in [0.5, 0.6) is 0 Å². The van der Waals surface area contributed by atoms with E-state index in [1.807, 2.05) is 36.4 Å². The number of anilines is 3. The van der Waals surface area contributed by atoms with Gasteiger partial charge in [-0.2, -0.15) is 0 Å². The van der Waals surface area contributed by atoms with E-state index in [9.17, 15) is 0 Å². The molecule has 0 radical (unpaired) electrons. The van der Waals surface area contributed by atoms with E-state index in [2.05, 4.69) is 27.8 Å². The highest BCUT2D eigenvalue weighted by atomic mass is 15.1. The van der Waals surface area contributed by atoms with Crippen LogP contribution >= 0.6 is 0 Å². The first-order chi connectivity index (χ1) is 9.31. The van der Waals surface area contributed by atoms with Crippen molar-refractivity contribution < 1.29 is 0 Å². The summed E-state index contributed by atoms with van der Waals surface area (Å²) in [6, 6.07) is 15.9. The minimum Gasteiger partial charge on any atom is -0.399 e. The van der Waals surface area contributed by atoms with Gasteiger partial charge in [0.2, 0.25) is 0 Å². The zero-order chi connectivity index (χ0) is 13.1. The number of nitrogens with zero attached hydrogens (tertiary/aromatic N) is 1. The summed E-state index contributed by atoms with van der Waals surface area (Å²) >= 11 is 0. The second kappa shape index (κ2) is 5.02. The standard InChI is InChI=1S/C15H16N4/c16-12-4-2-6-14(10-12)19-13-5-1-3-11(9-13)15-17-7-8-18-15/h1-6,9-10,19H,7-8,16H2,(H,17,18). The normalized spacial score (nSPS) is 13.8. The molecule has 0 aromatic heterocycles. The lowest BCUT2D eigenvalue weighted by Crippen LogP contribution is -2.19. The van der Waals surface area contributed by atoms with Crippen molar-refractivity contribution in [2.24, 2.45) is 4.99 Å². The number of hydrogen-bond donors (Lipinski definition) is 3. The molecule has 0 bridgehead atoms. The molecule has 4 heteroatoms. The Hall–Kier alpha value is -2.49. The van der Waals surface area contributed by atoms with Crippen LogP contribution in [0.25, 0.3) is 0 Å². The van der Waals surface area contributed by atoms with Crippen LogP contribution in [0.1, 0.15) is 5.56 Å². The van der Waals surface area contributed by atoms with Gasteiger partial charge in [0, 0.05) is 29.2 Å². The molecule has 0 spiro atoms. The lowest BCUT2D eigenvalue weighted by atomic mass is 10.1. The van der Waals surface area contributed by atoms with Crippen molar-refractivity contribution in [3.8, 4) is 0 Å². The van der Waals surface area contributed by atoms with Crippen molar-refractivity contribution >= 4 is 22.9 Å². The molecule has 1 aliphatic rings. The monoisotopic (exact) mass is 252 g/mol. The van der Waals surface area contributed by atoms with E-state index in [4.69, 9.17) is 5.73 Å². The van der Waals surface area contributed by atoms with Crippen molar-refractivity contribution in [2.45, 2.75) is 0 Å². The molecule has 1 heterocycles. The molecule has 2 aromatic carbocycles. The molecule has 0 aliphatic carbocycles. The number of nitrogens with one attached hydrogen (secondary N) is 2. The largest absolute Gasteiger partial charge is 0.399 e. The first-order valence-electron chi connectivity index (χ1n) is 6.32. The first-order valence-corrected chi connectivity index (χ1v) is 6.32. The molecular weight excluding hydrogens is 236 g/mol. The molecule has 0 atom stereocenters. The van der Waals surface area contributed by atoms with Gasteiger partial charge in [0.25, 0.3) is 0 Å². The van der Waals surface area contributed by atoms with Gasteiger partial charge < -0.3 is 16.4 Å². The highest BCUT2D eigenvalue weighted by Crippen LogP contribution is 2.20. The Kier molecular flexibility index (Phi) is 3.06. The summed E-state index contributed by atoms with van der Waals surface area (Å²) in [5.41, 5.74) is 9.64. The van der Waals surface area contributed by atoms with Gasteiger partial charge in [-0.05, 0) is 30.3 Å². The Balaban J connectivity index is 1.83. The number of aliphatic imine (C=N–C) groups is 1. The summed E-state index contributed by atoms with van der Waals surface area (Å²) in [7, 11) is 0. The van der Waals surface area contributed by atoms with Crippen LogP contribution in [0.4, 0.5) is 17.1 Å². The Bertz CT molecular complexity index is 619. The van der Waals surface area contributed by atoms with Crippen molar-refractivity contribution in [1.82, 2.24) is 5.32 Å². The Morgan fingerprint density at radius 1 is 1.05 bits per heavy atom. The van der Waals surface area contributed by atoms with Gasteiger partial charge in [-0.15, -0.1) is 0 Å². The fourth-order valence-corrected chi connectivity index (χ4v) is 2.12. The zero-order valence-corrected chi connectivity index (χ0v) is 10.6. The molecular formula is C15H16N4. The lowest BCUT2D eigenvalue weighted by Gasteiger charge is -2.09. The Morgan fingerprint density at radius 3 is 2.58 bits per heavy atom. The van der Waals surface area contributed by atoms with E-state index >= 15 is 0 Å². The second-order valence-corrected chi connectivity index (χ2v) is 4.49. The van der Waals surface area contributed by atoms with Gasteiger partial charge in [-0.1, -0.05) is 18.2 Å². The van der Waals surface area contributed by atoms with Gasteiger partial charge in [0.05, 0.1) is 6.54 Å². The summed E-state index contributed by atoms with van der Waals surface area (Å²) in [4.78, 5) is 4.43. The predicted molar refractivity (Wildman–Crippen MR) is 80.0 cm³/mol. The van der Waals surface area contributed by atoms with E-state index in [1.54, 1.807) is 0 Å². The summed E-state index contributed by atoms with van der Waals surface area (Å²) in [6.45, 7) is 1.77. The third kappa shape index (κ3) is 2.68. The molecule has 0 amide bonds. The van der Waals surface area contributed by atoms with Crippen LogP contribution in [0, 0.1) is 0 Å². The Labute approximate surface area is 112 Å². The maximum atomic E-state index is 5.77. The van der Waals surface area contributed by atoms with Gasteiger partial charge in [-0.25, -0.2) is 0 Å². The quantitative estimate of drug-likeness (QED) is 0.735.